The van der Waals surface area contributed by atoms with Crippen LogP contribution in [0, 0.1) is 10.1 Å². The van der Waals surface area contributed by atoms with Crippen molar-refractivity contribution in [2.45, 2.75) is 19.9 Å². The maximum absolute atomic E-state index is 10.8. The van der Waals surface area contributed by atoms with Crippen molar-refractivity contribution in [3.63, 3.8) is 0 Å². The zero-order valence-electron chi connectivity index (χ0n) is 10.3. The summed E-state index contributed by atoms with van der Waals surface area (Å²) in [6.07, 6.45) is 0.898. The van der Waals surface area contributed by atoms with E-state index in [0.717, 1.165) is 24.0 Å². The molecule has 0 radical (unpaired) electrons. The Morgan fingerprint density at radius 2 is 2.28 bits per heavy atom. The molecule has 100 valence electrons. The highest BCUT2D eigenvalue weighted by Gasteiger charge is 2.12. The van der Waals surface area contributed by atoms with Crippen LogP contribution in [0.15, 0.2) is 22.7 Å². The van der Waals surface area contributed by atoms with Gasteiger partial charge in [-0.25, -0.2) is 0 Å². The molecule has 1 rings (SSSR count). The first-order chi connectivity index (χ1) is 8.65. The monoisotopic (exact) mass is 316 g/mol. The van der Waals surface area contributed by atoms with Crippen molar-refractivity contribution in [3.8, 4) is 0 Å². The van der Waals surface area contributed by atoms with Gasteiger partial charge in [0.05, 0.1) is 4.92 Å². The quantitative estimate of drug-likeness (QED) is 0.455. The summed E-state index contributed by atoms with van der Waals surface area (Å²) in [6.45, 7) is 4.66. The third kappa shape index (κ3) is 5.12. The minimum absolute atomic E-state index is 0.149. The van der Waals surface area contributed by atoms with E-state index in [1.807, 2.05) is 6.92 Å². The number of nitrogens with one attached hydrogen (secondary N) is 1. The number of ether oxygens (including phenoxy) is 1. The van der Waals surface area contributed by atoms with Gasteiger partial charge in [-0.3, -0.25) is 10.1 Å². The molecule has 0 heterocycles. The Hall–Kier alpha value is -0.980. The number of rotatable bonds is 8. The molecule has 0 bridgehead atoms. The summed E-state index contributed by atoms with van der Waals surface area (Å²) in [4.78, 5) is 10.5. The van der Waals surface area contributed by atoms with E-state index in [4.69, 9.17) is 4.74 Å². The van der Waals surface area contributed by atoms with Crippen LogP contribution in [0.1, 0.15) is 18.9 Å². The zero-order chi connectivity index (χ0) is 13.4. The molecule has 6 heteroatoms. The maximum atomic E-state index is 10.8. The molecular formula is C12H17BrN2O3. The molecule has 1 N–H and O–H groups in total. The molecule has 0 aliphatic carbocycles. The van der Waals surface area contributed by atoms with E-state index >= 15 is 0 Å². The minimum Gasteiger partial charge on any atom is -0.382 e. The fraction of sp³-hybridized carbons (Fsp3) is 0.500. The lowest BCUT2D eigenvalue weighted by molar-refractivity contribution is -0.385. The van der Waals surface area contributed by atoms with E-state index in [0.29, 0.717) is 18.7 Å². The SMILES string of the molecule is CCOCCCNCc1cc(Br)ccc1[N+](=O)[O-]. The number of nitro groups is 1. The van der Waals surface area contributed by atoms with Gasteiger partial charge in [0, 0.05) is 35.9 Å². The minimum atomic E-state index is -0.357. The van der Waals surface area contributed by atoms with Crippen LogP contribution >= 0.6 is 15.9 Å². The standard InChI is InChI=1S/C12H17BrN2O3/c1-2-18-7-3-6-14-9-10-8-11(13)4-5-12(10)15(16)17/h4-5,8,14H,2-3,6-7,9H2,1H3. The lowest BCUT2D eigenvalue weighted by Gasteiger charge is -2.06. The zero-order valence-corrected chi connectivity index (χ0v) is 11.9. The van der Waals surface area contributed by atoms with Crippen molar-refractivity contribution in [2.24, 2.45) is 0 Å². The molecule has 0 aromatic heterocycles. The lowest BCUT2D eigenvalue weighted by Crippen LogP contribution is -2.17. The fourth-order valence-electron chi connectivity index (χ4n) is 1.54. The number of hydrogen-bond acceptors (Lipinski definition) is 4. The summed E-state index contributed by atoms with van der Waals surface area (Å²) in [5.41, 5.74) is 0.835. The summed E-state index contributed by atoms with van der Waals surface area (Å²) in [6, 6.07) is 4.96. The second-order valence-corrected chi connectivity index (χ2v) is 4.67. The first-order valence-corrected chi connectivity index (χ1v) is 6.65. The van der Waals surface area contributed by atoms with Crippen molar-refractivity contribution in [2.75, 3.05) is 19.8 Å². The van der Waals surface area contributed by atoms with Gasteiger partial charge in [-0.15, -0.1) is 0 Å². The van der Waals surface area contributed by atoms with Crippen molar-refractivity contribution in [3.05, 3.63) is 38.3 Å². The lowest BCUT2D eigenvalue weighted by atomic mass is 10.2. The molecular weight excluding hydrogens is 300 g/mol. The maximum Gasteiger partial charge on any atom is 0.273 e. The summed E-state index contributed by atoms with van der Waals surface area (Å²) in [5, 5.41) is 14.0. The molecule has 0 amide bonds. The Bertz CT molecular complexity index is 399. The van der Waals surface area contributed by atoms with Gasteiger partial charge in [0.25, 0.3) is 5.69 Å². The second-order valence-electron chi connectivity index (χ2n) is 3.76. The van der Waals surface area contributed by atoms with Crippen LogP contribution in [0.25, 0.3) is 0 Å². The van der Waals surface area contributed by atoms with Gasteiger partial charge in [-0.05, 0) is 32.0 Å². The molecule has 0 saturated carbocycles. The van der Waals surface area contributed by atoms with Crippen LogP contribution in [0.4, 0.5) is 5.69 Å². The molecule has 18 heavy (non-hydrogen) atoms. The third-order valence-corrected chi connectivity index (χ3v) is 2.89. The van der Waals surface area contributed by atoms with Crippen molar-refractivity contribution < 1.29 is 9.66 Å². The first kappa shape index (κ1) is 15.1. The average Bonchev–Trinajstić information content (AvgIpc) is 2.33. The number of nitro benzene ring substituents is 1. The van der Waals surface area contributed by atoms with Crippen LogP contribution < -0.4 is 5.32 Å². The Morgan fingerprint density at radius 3 is 2.94 bits per heavy atom. The van der Waals surface area contributed by atoms with Crippen molar-refractivity contribution in [1.82, 2.24) is 5.32 Å². The Balaban J connectivity index is 2.45. The predicted molar refractivity (Wildman–Crippen MR) is 73.6 cm³/mol. The van der Waals surface area contributed by atoms with E-state index in [9.17, 15) is 10.1 Å². The highest BCUT2D eigenvalue weighted by Crippen LogP contribution is 2.22. The van der Waals surface area contributed by atoms with Gasteiger partial charge in [-0.2, -0.15) is 0 Å². The van der Waals surface area contributed by atoms with E-state index in [-0.39, 0.29) is 10.6 Å². The molecule has 0 saturated heterocycles. The van der Waals surface area contributed by atoms with E-state index in [2.05, 4.69) is 21.2 Å². The number of hydrogen-bond donors (Lipinski definition) is 1. The molecule has 0 unspecified atom stereocenters. The van der Waals surface area contributed by atoms with Gasteiger partial charge in [0.15, 0.2) is 0 Å². The van der Waals surface area contributed by atoms with Gasteiger partial charge >= 0.3 is 0 Å². The van der Waals surface area contributed by atoms with Gasteiger partial charge in [-0.1, -0.05) is 15.9 Å². The normalized spacial score (nSPS) is 10.6. The highest BCUT2D eigenvalue weighted by atomic mass is 79.9. The smallest absolute Gasteiger partial charge is 0.273 e. The van der Waals surface area contributed by atoms with Gasteiger partial charge < -0.3 is 10.1 Å². The number of benzene rings is 1. The molecule has 0 fully saturated rings. The topological polar surface area (TPSA) is 64.4 Å². The molecule has 0 aliphatic rings. The Morgan fingerprint density at radius 1 is 1.50 bits per heavy atom. The van der Waals surface area contributed by atoms with Crippen LogP contribution in [0.3, 0.4) is 0 Å². The van der Waals surface area contributed by atoms with E-state index in [1.165, 1.54) is 6.07 Å². The average molecular weight is 317 g/mol. The summed E-state index contributed by atoms with van der Waals surface area (Å²) in [7, 11) is 0. The third-order valence-electron chi connectivity index (χ3n) is 2.40. The summed E-state index contributed by atoms with van der Waals surface area (Å²) < 4.78 is 6.06. The molecule has 0 atom stereocenters. The molecule has 1 aromatic rings. The number of halogens is 1. The second kappa shape index (κ2) is 8.18. The van der Waals surface area contributed by atoms with Crippen LogP contribution in [-0.2, 0) is 11.3 Å². The van der Waals surface area contributed by atoms with E-state index < -0.39 is 0 Å². The molecule has 5 nitrogen and oxygen atoms in total. The van der Waals surface area contributed by atoms with Crippen LogP contribution in [-0.4, -0.2) is 24.7 Å². The highest BCUT2D eigenvalue weighted by molar-refractivity contribution is 9.10. The Labute approximate surface area is 115 Å². The first-order valence-electron chi connectivity index (χ1n) is 5.86. The van der Waals surface area contributed by atoms with Gasteiger partial charge in [0.1, 0.15) is 0 Å². The van der Waals surface area contributed by atoms with E-state index in [1.54, 1.807) is 12.1 Å². The van der Waals surface area contributed by atoms with Crippen LogP contribution in [0.5, 0.6) is 0 Å². The number of nitrogens with zero attached hydrogens (tertiary/aromatic N) is 1. The van der Waals surface area contributed by atoms with Crippen molar-refractivity contribution in [1.29, 1.82) is 0 Å². The van der Waals surface area contributed by atoms with Crippen LogP contribution in [0.2, 0.25) is 0 Å². The molecule has 0 aliphatic heterocycles. The largest absolute Gasteiger partial charge is 0.382 e. The molecule has 1 aromatic carbocycles. The Kier molecular flexibility index (Phi) is 6.85. The predicted octanol–water partition coefficient (Wildman–Crippen LogP) is 2.87. The summed E-state index contributed by atoms with van der Waals surface area (Å²) in [5.74, 6) is 0. The fourth-order valence-corrected chi connectivity index (χ4v) is 1.95. The van der Waals surface area contributed by atoms with Crippen molar-refractivity contribution >= 4 is 21.6 Å². The van der Waals surface area contributed by atoms with Gasteiger partial charge in [0.2, 0.25) is 0 Å². The summed E-state index contributed by atoms with van der Waals surface area (Å²) >= 11 is 3.32. The molecule has 0 spiro atoms.